The van der Waals surface area contributed by atoms with Crippen molar-refractivity contribution in [1.82, 2.24) is 5.32 Å². The van der Waals surface area contributed by atoms with Crippen LogP contribution < -0.4 is 16.0 Å². The Morgan fingerprint density at radius 3 is 2.63 bits per heavy atom. The van der Waals surface area contributed by atoms with Crippen LogP contribution >= 0.6 is 0 Å². The Bertz CT molecular complexity index is 425. The smallest absolute Gasteiger partial charge is 0.226 e. The molecule has 1 heterocycles. The van der Waals surface area contributed by atoms with Gasteiger partial charge in [-0.1, -0.05) is 19.9 Å². The number of carbonyl (C=O) groups is 1. The molecule has 0 aromatic heterocycles. The fraction of sp³-hybridized carbons (Fsp3) is 0.533. The fourth-order valence-electron chi connectivity index (χ4n) is 2.18. The third kappa shape index (κ3) is 4.24. The molecule has 4 heteroatoms. The van der Waals surface area contributed by atoms with Crippen molar-refractivity contribution in [2.75, 3.05) is 23.7 Å². The molecule has 0 unspecified atom stereocenters. The lowest BCUT2D eigenvalue weighted by molar-refractivity contribution is -0.118. The summed E-state index contributed by atoms with van der Waals surface area (Å²) in [7, 11) is 0. The zero-order chi connectivity index (χ0) is 13.7. The maximum atomic E-state index is 11.7. The summed E-state index contributed by atoms with van der Waals surface area (Å²) < 4.78 is 0. The molecule has 0 saturated carbocycles. The molecule has 1 fully saturated rings. The number of nitrogens with one attached hydrogen (secondary N) is 3. The Labute approximate surface area is 115 Å². The first-order valence-corrected chi connectivity index (χ1v) is 7.03. The second kappa shape index (κ2) is 6.57. The minimum absolute atomic E-state index is 0.000958. The van der Waals surface area contributed by atoms with Crippen molar-refractivity contribution in [2.24, 2.45) is 5.92 Å². The van der Waals surface area contributed by atoms with E-state index >= 15 is 0 Å². The molecule has 0 bridgehead atoms. The highest BCUT2D eigenvalue weighted by Crippen LogP contribution is 2.18. The second-order valence-electron chi connectivity index (χ2n) is 5.39. The monoisotopic (exact) mass is 261 g/mol. The van der Waals surface area contributed by atoms with Gasteiger partial charge in [-0.15, -0.1) is 0 Å². The second-order valence-corrected chi connectivity index (χ2v) is 5.39. The van der Waals surface area contributed by atoms with E-state index in [-0.39, 0.29) is 11.8 Å². The Morgan fingerprint density at radius 1 is 1.26 bits per heavy atom. The molecule has 1 aliphatic heterocycles. The van der Waals surface area contributed by atoms with Gasteiger partial charge in [0.2, 0.25) is 5.91 Å². The van der Waals surface area contributed by atoms with Gasteiger partial charge in [0.05, 0.1) is 0 Å². The minimum atomic E-state index is 0.000958. The number of rotatable bonds is 4. The van der Waals surface area contributed by atoms with E-state index in [1.165, 1.54) is 0 Å². The molecule has 1 amide bonds. The summed E-state index contributed by atoms with van der Waals surface area (Å²) >= 11 is 0. The average molecular weight is 261 g/mol. The van der Waals surface area contributed by atoms with Crippen LogP contribution in [0.4, 0.5) is 11.4 Å². The largest absolute Gasteiger partial charge is 0.382 e. The van der Waals surface area contributed by atoms with Crippen molar-refractivity contribution >= 4 is 17.3 Å². The van der Waals surface area contributed by atoms with Crippen molar-refractivity contribution in [3.63, 3.8) is 0 Å². The number of amides is 1. The van der Waals surface area contributed by atoms with Gasteiger partial charge in [0, 0.05) is 23.3 Å². The number of benzene rings is 1. The standard InChI is InChI=1S/C15H23N3O/c1-11(2)15(19)18-14-5-3-4-13(10-14)17-12-6-8-16-9-7-12/h3-5,10-12,16-17H,6-9H2,1-2H3,(H,18,19). The van der Waals surface area contributed by atoms with E-state index in [4.69, 9.17) is 0 Å². The summed E-state index contributed by atoms with van der Waals surface area (Å²) in [4.78, 5) is 11.7. The Kier molecular flexibility index (Phi) is 4.80. The molecule has 0 spiro atoms. The molecule has 1 aliphatic rings. The predicted molar refractivity (Wildman–Crippen MR) is 79.4 cm³/mol. The maximum Gasteiger partial charge on any atom is 0.226 e. The number of hydrogen-bond donors (Lipinski definition) is 3. The Hall–Kier alpha value is -1.55. The summed E-state index contributed by atoms with van der Waals surface area (Å²) in [6.45, 7) is 5.93. The van der Waals surface area contributed by atoms with Gasteiger partial charge in [-0.05, 0) is 44.1 Å². The molecule has 4 nitrogen and oxygen atoms in total. The van der Waals surface area contributed by atoms with Gasteiger partial charge in [-0.3, -0.25) is 4.79 Å². The van der Waals surface area contributed by atoms with E-state index in [2.05, 4.69) is 16.0 Å². The maximum absolute atomic E-state index is 11.7. The van der Waals surface area contributed by atoms with Crippen LogP contribution in [0.2, 0.25) is 0 Å². The van der Waals surface area contributed by atoms with Crippen molar-refractivity contribution in [3.05, 3.63) is 24.3 Å². The minimum Gasteiger partial charge on any atom is -0.382 e. The molecule has 19 heavy (non-hydrogen) atoms. The van der Waals surface area contributed by atoms with Crippen LogP contribution in [0, 0.1) is 5.92 Å². The van der Waals surface area contributed by atoms with Crippen molar-refractivity contribution in [3.8, 4) is 0 Å². The predicted octanol–water partition coefficient (Wildman–Crippen LogP) is 2.45. The first-order chi connectivity index (χ1) is 9.15. The molecule has 0 aliphatic carbocycles. The molecular weight excluding hydrogens is 238 g/mol. The zero-order valence-electron chi connectivity index (χ0n) is 11.7. The zero-order valence-corrected chi connectivity index (χ0v) is 11.7. The van der Waals surface area contributed by atoms with E-state index in [9.17, 15) is 4.79 Å². The summed E-state index contributed by atoms with van der Waals surface area (Å²) in [5, 5.41) is 9.81. The SMILES string of the molecule is CC(C)C(=O)Nc1cccc(NC2CCNCC2)c1. The molecule has 1 saturated heterocycles. The molecule has 0 atom stereocenters. The van der Waals surface area contributed by atoms with Gasteiger partial charge in [-0.25, -0.2) is 0 Å². The average Bonchev–Trinajstić information content (AvgIpc) is 2.40. The van der Waals surface area contributed by atoms with Crippen molar-refractivity contribution in [2.45, 2.75) is 32.7 Å². The molecule has 2 rings (SSSR count). The normalized spacial score (nSPS) is 16.4. The van der Waals surface area contributed by atoms with Crippen LogP contribution in [0.1, 0.15) is 26.7 Å². The number of piperidine rings is 1. The Morgan fingerprint density at radius 2 is 1.95 bits per heavy atom. The lowest BCUT2D eigenvalue weighted by atomic mass is 10.1. The van der Waals surface area contributed by atoms with E-state index in [0.717, 1.165) is 37.3 Å². The lowest BCUT2D eigenvalue weighted by Crippen LogP contribution is -2.35. The van der Waals surface area contributed by atoms with Crippen LogP contribution in [0.25, 0.3) is 0 Å². The van der Waals surface area contributed by atoms with Crippen LogP contribution in [0.3, 0.4) is 0 Å². The Balaban J connectivity index is 1.96. The van der Waals surface area contributed by atoms with Gasteiger partial charge < -0.3 is 16.0 Å². The quantitative estimate of drug-likeness (QED) is 0.780. The highest BCUT2D eigenvalue weighted by Gasteiger charge is 2.13. The molecule has 3 N–H and O–H groups in total. The number of anilines is 2. The summed E-state index contributed by atoms with van der Waals surface area (Å²) in [6, 6.07) is 8.47. The lowest BCUT2D eigenvalue weighted by Gasteiger charge is -2.25. The van der Waals surface area contributed by atoms with E-state index in [1.807, 2.05) is 38.1 Å². The summed E-state index contributed by atoms with van der Waals surface area (Å²) in [5.41, 5.74) is 1.94. The van der Waals surface area contributed by atoms with Crippen molar-refractivity contribution in [1.29, 1.82) is 0 Å². The topological polar surface area (TPSA) is 53.2 Å². The summed E-state index contributed by atoms with van der Waals surface area (Å²) in [6.07, 6.45) is 2.28. The van der Waals surface area contributed by atoms with Crippen LogP contribution in [-0.4, -0.2) is 25.0 Å². The first kappa shape index (κ1) is 13.9. The van der Waals surface area contributed by atoms with Gasteiger partial charge >= 0.3 is 0 Å². The molecule has 1 aromatic carbocycles. The third-order valence-corrected chi connectivity index (χ3v) is 3.36. The first-order valence-electron chi connectivity index (χ1n) is 7.03. The van der Waals surface area contributed by atoms with Crippen LogP contribution in [-0.2, 0) is 4.79 Å². The highest BCUT2D eigenvalue weighted by atomic mass is 16.1. The molecular formula is C15H23N3O. The van der Waals surface area contributed by atoms with E-state index < -0.39 is 0 Å². The van der Waals surface area contributed by atoms with Gasteiger partial charge in [0.1, 0.15) is 0 Å². The van der Waals surface area contributed by atoms with Gasteiger partial charge in [0.25, 0.3) is 0 Å². The van der Waals surface area contributed by atoms with Gasteiger partial charge in [-0.2, -0.15) is 0 Å². The fourth-order valence-corrected chi connectivity index (χ4v) is 2.18. The van der Waals surface area contributed by atoms with Crippen LogP contribution in [0.15, 0.2) is 24.3 Å². The number of hydrogen-bond acceptors (Lipinski definition) is 3. The molecule has 104 valence electrons. The number of carbonyl (C=O) groups excluding carboxylic acids is 1. The van der Waals surface area contributed by atoms with E-state index in [1.54, 1.807) is 0 Å². The molecule has 1 aromatic rings. The van der Waals surface area contributed by atoms with Crippen LogP contribution in [0.5, 0.6) is 0 Å². The highest BCUT2D eigenvalue weighted by molar-refractivity contribution is 5.92. The third-order valence-electron chi connectivity index (χ3n) is 3.36. The summed E-state index contributed by atoms with van der Waals surface area (Å²) in [5.74, 6) is 0.0556. The van der Waals surface area contributed by atoms with E-state index in [0.29, 0.717) is 6.04 Å². The van der Waals surface area contributed by atoms with Crippen molar-refractivity contribution < 1.29 is 4.79 Å². The van der Waals surface area contributed by atoms with Gasteiger partial charge in [0.15, 0.2) is 0 Å². The molecule has 0 radical (unpaired) electrons.